The van der Waals surface area contributed by atoms with E-state index in [1.165, 1.54) is 6.07 Å². The second kappa shape index (κ2) is 3.68. The van der Waals surface area contributed by atoms with Crippen molar-refractivity contribution in [3.63, 3.8) is 0 Å². The van der Waals surface area contributed by atoms with Gasteiger partial charge >= 0.3 is 0 Å². The summed E-state index contributed by atoms with van der Waals surface area (Å²) in [6.07, 6.45) is -0.407. The van der Waals surface area contributed by atoms with Crippen molar-refractivity contribution >= 4 is 13.3 Å². The minimum absolute atomic E-state index is 0.376. The van der Waals surface area contributed by atoms with Crippen molar-refractivity contribution < 1.29 is 13.2 Å². The highest BCUT2D eigenvalue weighted by atomic mass is 19.3. The van der Waals surface area contributed by atoms with E-state index in [-0.39, 0.29) is 0 Å². The van der Waals surface area contributed by atoms with Crippen molar-refractivity contribution in [3.05, 3.63) is 29.1 Å². The van der Waals surface area contributed by atoms with Crippen LogP contribution in [0.4, 0.5) is 13.2 Å². The fourth-order valence-corrected chi connectivity index (χ4v) is 1.39. The van der Waals surface area contributed by atoms with Crippen LogP contribution in [0.1, 0.15) is 18.1 Å². The molecular formula is C10H12BF3. The summed E-state index contributed by atoms with van der Waals surface area (Å²) in [5.41, 5.74) is 1.58. The van der Waals surface area contributed by atoms with Crippen LogP contribution in [-0.4, -0.2) is 13.8 Å². The predicted octanol–water partition coefficient (Wildman–Crippen LogP) is 1.59. The number of halogens is 3. The van der Waals surface area contributed by atoms with Crippen LogP contribution in [0.5, 0.6) is 0 Å². The molecule has 0 heterocycles. The third-order valence-corrected chi connectivity index (χ3v) is 2.12. The summed E-state index contributed by atoms with van der Waals surface area (Å²) in [5.74, 6) is -3.21. The van der Waals surface area contributed by atoms with Crippen LogP contribution in [0.3, 0.4) is 0 Å². The molecule has 1 aromatic carbocycles. The standard InChI is InChI=1S/C10H12BF3/c1-6-3-8(11)7(4-9(6)12)5-10(2,13)14/h3-4H,5,11H2,1-2H3. The Morgan fingerprint density at radius 2 is 1.93 bits per heavy atom. The molecule has 1 rings (SSSR count). The molecule has 1 aromatic rings. The number of hydrogen-bond donors (Lipinski definition) is 0. The Kier molecular flexibility index (Phi) is 2.93. The number of aryl methyl sites for hydroxylation is 1. The van der Waals surface area contributed by atoms with Crippen LogP contribution < -0.4 is 5.46 Å². The van der Waals surface area contributed by atoms with Gasteiger partial charge in [0.2, 0.25) is 5.92 Å². The summed E-state index contributed by atoms with van der Waals surface area (Å²) in [6.45, 7) is 2.46. The van der Waals surface area contributed by atoms with Gasteiger partial charge in [0.1, 0.15) is 13.7 Å². The first kappa shape index (κ1) is 11.2. The van der Waals surface area contributed by atoms with E-state index in [0.717, 1.165) is 6.92 Å². The van der Waals surface area contributed by atoms with Crippen molar-refractivity contribution in [1.29, 1.82) is 0 Å². The van der Waals surface area contributed by atoms with Crippen molar-refractivity contribution in [2.45, 2.75) is 26.2 Å². The maximum atomic E-state index is 13.1. The number of rotatable bonds is 2. The molecule has 0 aliphatic rings. The minimum atomic E-state index is -2.79. The van der Waals surface area contributed by atoms with Gasteiger partial charge < -0.3 is 0 Å². The first-order valence-corrected chi connectivity index (χ1v) is 4.43. The molecule has 0 amide bonds. The van der Waals surface area contributed by atoms with E-state index >= 15 is 0 Å². The van der Waals surface area contributed by atoms with Crippen LogP contribution >= 0.6 is 0 Å². The van der Waals surface area contributed by atoms with Crippen LogP contribution in [0.25, 0.3) is 0 Å². The molecule has 4 heteroatoms. The third-order valence-electron chi connectivity index (χ3n) is 2.12. The monoisotopic (exact) mass is 200 g/mol. The Balaban J connectivity index is 3.04. The lowest BCUT2D eigenvalue weighted by molar-refractivity contribution is 0.0228. The number of alkyl halides is 2. The van der Waals surface area contributed by atoms with E-state index in [9.17, 15) is 13.2 Å². The molecule has 0 aromatic heterocycles. The van der Waals surface area contributed by atoms with Crippen LogP contribution in [0, 0.1) is 12.7 Å². The second-order valence-corrected chi connectivity index (χ2v) is 3.77. The summed E-state index contributed by atoms with van der Waals surface area (Å²) < 4.78 is 38.5. The fourth-order valence-electron chi connectivity index (χ4n) is 1.39. The second-order valence-electron chi connectivity index (χ2n) is 3.77. The lowest BCUT2D eigenvalue weighted by atomic mass is 9.86. The number of hydrogen-bond acceptors (Lipinski definition) is 0. The summed E-state index contributed by atoms with van der Waals surface area (Å²) in [6, 6.07) is 2.79. The number of benzene rings is 1. The van der Waals surface area contributed by atoms with Gasteiger partial charge in [0, 0.05) is 6.42 Å². The van der Waals surface area contributed by atoms with E-state index in [0.29, 0.717) is 16.6 Å². The first-order chi connectivity index (χ1) is 6.29. The summed E-state index contributed by atoms with van der Waals surface area (Å²) in [4.78, 5) is 0. The Morgan fingerprint density at radius 3 is 2.43 bits per heavy atom. The summed E-state index contributed by atoms with van der Waals surface area (Å²) >= 11 is 0. The molecule has 0 atom stereocenters. The van der Waals surface area contributed by atoms with Crippen LogP contribution in [0.2, 0.25) is 0 Å². The van der Waals surface area contributed by atoms with Gasteiger partial charge in [-0.3, -0.25) is 0 Å². The largest absolute Gasteiger partial charge is 0.249 e. The van der Waals surface area contributed by atoms with E-state index in [2.05, 4.69) is 0 Å². The molecule has 0 fully saturated rings. The molecule has 0 aliphatic heterocycles. The molecular weight excluding hydrogens is 188 g/mol. The van der Waals surface area contributed by atoms with E-state index in [4.69, 9.17) is 0 Å². The Bertz CT molecular complexity index is 342. The van der Waals surface area contributed by atoms with E-state index in [1.54, 1.807) is 20.8 Å². The molecule has 0 unspecified atom stereocenters. The Hall–Kier alpha value is -0.925. The van der Waals surface area contributed by atoms with Crippen molar-refractivity contribution in [2.24, 2.45) is 0 Å². The summed E-state index contributed by atoms with van der Waals surface area (Å²) in [7, 11) is 1.72. The fraction of sp³-hybridized carbons (Fsp3) is 0.400. The lowest BCUT2D eigenvalue weighted by Crippen LogP contribution is -2.21. The molecule has 14 heavy (non-hydrogen) atoms. The topological polar surface area (TPSA) is 0 Å². The maximum Gasteiger partial charge on any atom is 0.249 e. The average molecular weight is 200 g/mol. The zero-order chi connectivity index (χ0) is 10.9. The van der Waals surface area contributed by atoms with Crippen LogP contribution in [0.15, 0.2) is 12.1 Å². The maximum absolute atomic E-state index is 13.1. The molecule has 0 bridgehead atoms. The SMILES string of the molecule is Bc1cc(C)c(F)cc1CC(C)(F)F. The third kappa shape index (κ3) is 2.79. The van der Waals surface area contributed by atoms with Crippen LogP contribution in [-0.2, 0) is 6.42 Å². The highest BCUT2D eigenvalue weighted by molar-refractivity contribution is 6.33. The Labute approximate surface area is 82.5 Å². The van der Waals surface area contributed by atoms with Gasteiger partial charge in [-0.15, -0.1) is 0 Å². The van der Waals surface area contributed by atoms with Gasteiger partial charge in [-0.05, 0) is 31.0 Å². The Morgan fingerprint density at radius 1 is 1.36 bits per heavy atom. The van der Waals surface area contributed by atoms with Gasteiger partial charge in [-0.2, -0.15) is 0 Å². The van der Waals surface area contributed by atoms with Gasteiger partial charge in [0.25, 0.3) is 0 Å². The first-order valence-electron chi connectivity index (χ1n) is 4.43. The van der Waals surface area contributed by atoms with Crippen molar-refractivity contribution in [1.82, 2.24) is 0 Å². The molecule has 0 aliphatic carbocycles. The molecule has 76 valence electrons. The van der Waals surface area contributed by atoms with Crippen molar-refractivity contribution in [3.8, 4) is 0 Å². The average Bonchev–Trinajstić information content (AvgIpc) is 1.97. The predicted molar refractivity (Wildman–Crippen MR) is 53.6 cm³/mol. The van der Waals surface area contributed by atoms with Gasteiger partial charge in [0.15, 0.2) is 0 Å². The van der Waals surface area contributed by atoms with E-state index < -0.39 is 18.2 Å². The quantitative estimate of drug-likeness (QED) is 0.636. The molecule has 0 N–H and O–H groups in total. The molecule has 0 nitrogen and oxygen atoms in total. The molecule has 0 saturated carbocycles. The highest BCUT2D eigenvalue weighted by Crippen LogP contribution is 2.19. The minimum Gasteiger partial charge on any atom is -0.207 e. The zero-order valence-electron chi connectivity index (χ0n) is 8.50. The van der Waals surface area contributed by atoms with Gasteiger partial charge in [0.05, 0.1) is 0 Å². The normalized spacial score (nSPS) is 11.8. The van der Waals surface area contributed by atoms with Gasteiger partial charge in [-0.25, -0.2) is 13.2 Å². The van der Waals surface area contributed by atoms with Gasteiger partial charge in [-0.1, -0.05) is 11.5 Å². The molecule has 0 spiro atoms. The molecule has 0 saturated heterocycles. The van der Waals surface area contributed by atoms with Crippen molar-refractivity contribution in [2.75, 3.05) is 0 Å². The molecule has 0 radical (unpaired) electrons. The van der Waals surface area contributed by atoms with E-state index in [1.807, 2.05) is 0 Å². The summed E-state index contributed by atoms with van der Waals surface area (Å²) in [5, 5.41) is 0. The smallest absolute Gasteiger partial charge is 0.207 e. The lowest BCUT2D eigenvalue weighted by Gasteiger charge is -2.13. The highest BCUT2D eigenvalue weighted by Gasteiger charge is 2.22. The zero-order valence-corrected chi connectivity index (χ0v) is 8.50.